The Morgan fingerprint density at radius 2 is 2.21 bits per heavy atom. The quantitative estimate of drug-likeness (QED) is 0.843. The Hall–Kier alpha value is -2.26. The fraction of sp³-hybridized carbons (Fsp3) is 0.400. The van der Waals surface area contributed by atoms with Gasteiger partial charge in [-0.15, -0.1) is 0 Å². The van der Waals surface area contributed by atoms with Gasteiger partial charge in [0.05, 0.1) is 30.1 Å². The number of fused-ring (bicyclic) bond motifs is 1. The van der Waals surface area contributed by atoms with Crippen molar-refractivity contribution in [3.8, 4) is 0 Å². The van der Waals surface area contributed by atoms with Gasteiger partial charge in [0.1, 0.15) is 0 Å². The highest BCUT2D eigenvalue weighted by atomic mass is 32.2. The molecule has 8 nitrogen and oxygen atoms in total. The number of rotatable bonds is 5. The van der Waals surface area contributed by atoms with Crippen LogP contribution in [0.3, 0.4) is 0 Å². The minimum atomic E-state index is -3.27. The summed E-state index contributed by atoms with van der Waals surface area (Å²) in [5.74, 6) is -0.195. The molecule has 0 fully saturated rings. The molecular weight excluding hydrogens is 330 g/mol. The summed E-state index contributed by atoms with van der Waals surface area (Å²) in [5.41, 5.74) is 1.36. The van der Waals surface area contributed by atoms with Crippen LogP contribution in [-0.2, 0) is 16.6 Å². The van der Waals surface area contributed by atoms with Gasteiger partial charge in [0.2, 0.25) is 10.0 Å². The van der Waals surface area contributed by atoms with Gasteiger partial charge in [0.25, 0.3) is 5.91 Å². The van der Waals surface area contributed by atoms with Gasteiger partial charge in [-0.2, -0.15) is 9.40 Å². The van der Waals surface area contributed by atoms with Gasteiger partial charge in [-0.25, -0.2) is 8.42 Å². The van der Waals surface area contributed by atoms with E-state index >= 15 is 0 Å². The van der Waals surface area contributed by atoms with Crippen LogP contribution in [0.2, 0.25) is 0 Å². The van der Waals surface area contributed by atoms with Gasteiger partial charge < -0.3 is 5.32 Å². The third-order valence-electron chi connectivity index (χ3n) is 4.01. The highest BCUT2D eigenvalue weighted by molar-refractivity contribution is 7.88. The number of hydrogen-bond acceptors (Lipinski definition) is 5. The summed E-state index contributed by atoms with van der Waals surface area (Å²) in [6.07, 6.45) is 6.58. The van der Waals surface area contributed by atoms with Crippen LogP contribution in [-0.4, -0.2) is 52.7 Å². The summed E-state index contributed by atoms with van der Waals surface area (Å²) in [6, 6.07) is 5.11. The minimum Gasteiger partial charge on any atom is -0.352 e. The smallest absolute Gasteiger partial charge is 0.252 e. The van der Waals surface area contributed by atoms with Gasteiger partial charge in [-0.05, 0) is 24.6 Å². The number of pyridine rings is 1. The normalized spacial score (nSPS) is 18.1. The number of carbonyl (C=O) groups is 1. The van der Waals surface area contributed by atoms with Crippen LogP contribution in [0, 0.1) is 0 Å². The molecule has 1 aliphatic heterocycles. The molecule has 1 aliphatic rings. The van der Waals surface area contributed by atoms with Crippen molar-refractivity contribution in [1.29, 1.82) is 0 Å². The first-order valence-electron chi connectivity index (χ1n) is 7.61. The molecule has 0 aliphatic carbocycles. The predicted octanol–water partition coefficient (Wildman–Crippen LogP) is 0.414. The molecule has 3 heterocycles. The molecule has 1 N–H and O–H groups in total. The first-order valence-corrected chi connectivity index (χ1v) is 9.46. The van der Waals surface area contributed by atoms with Crippen LogP contribution in [0.5, 0.6) is 0 Å². The molecule has 0 radical (unpaired) electrons. The summed E-state index contributed by atoms with van der Waals surface area (Å²) in [4.78, 5) is 15.9. The molecule has 0 aromatic carbocycles. The van der Waals surface area contributed by atoms with E-state index in [9.17, 15) is 13.2 Å². The molecular formula is C15H19N5O3S. The van der Waals surface area contributed by atoms with E-state index in [4.69, 9.17) is 0 Å². The van der Waals surface area contributed by atoms with Crippen molar-refractivity contribution in [2.75, 3.05) is 19.3 Å². The molecule has 1 atom stereocenters. The zero-order valence-electron chi connectivity index (χ0n) is 13.3. The Morgan fingerprint density at radius 1 is 1.38 bits per heavy atom. The molecule has 24 heavy (non-hydrogen) atoms. The van der Waals surface area contributed by atoms with Crippen molar-refractivity contribution in [3.05, 3.63) is 48.0 Å². The lowest BCUT2D eigenvalue weighted by molar-refractivity contribution is 0.0949. The van der Waals surface area contributed by atoms with E-state index in [1.807, 2.05) is 10.7 Å². The van der Waals surface area contributed by atoms with Crippen LogP contribution in [0.4, 0.5) is 0 Å². The zero-order chi connectivity index (χ0) is 17.2. The van der Waals surface area contributed by atoms with E-state index in [1.165, 1.54) is 16.8 Å². The van der Waals surface area contributed by atoms with Gasteiger partial charge in [0, 0.05) is 31.7 Å². The molecule has 1 unspecified atom stereocenters. The second kappa shape index (κ2) is 6.70. The van der Waals surface area contributed by atoms with Crippen molar-refractivity contribution in [1.82, 2.24) is 24.4 Å². The fourth-order valence-corrected chi connectivity index (χ4v) is 3.58. The molecule has 2 aromatic rings. The van der Waals surface area contributed by atoms with Crippen molar-refractivity contribution in [2.24, 2.45) is 0 Å². The third-order valence-corrected chi connectivity index (χ3v) is 5.22. The summed E-state index contributed by atoms with van der Waals surface area (Å²) in [7, 11) is -3.27. The summed E-state index contributed by atoms with van der Waals surface area (Å²) >= 11 is 0. The minimum absolute atomic E-state index is 0.104. The molecule has 3 rings (SSSR count). The molecule has 0 spiro atoms. The van der Waals surface area contributed by atoms with E-state index in [1.54, 1.807) is 24.5 Å². The molecule has 2 aromatic heterocycles. The number of amides is 1. The molecule has 9 heteroatoms. The number of nitrogens with zero attached hydrogens (tertiary/aromatic N) is 4. The lowest BCUT2D eigenvalue weighted by Crippen LogP contribution is -2.41. The van der Waals surface area contributed by atoms with Crippen LogP contribution in [0.15, 0.2) is 36.8 Å². The maximum atomic E-state index is 12.0. The second-order valence-corrected chi connectivity index (χ2v) is 7.75. The van der Waals surface area contributed by atoms with E-state index in [2.05, 4.69) is 15.4 Å². The number of aromatic nitrogens is 3. The third kappa shape index (κ3) is 3.62. The molecule has 1 amide bonds. The van der Waals surface area contributed by atoms with E-state index < -0.39 is 10.0 Å². The molecule has 128 valence electrons. The number of sulfonamides is 1. The Balaban J connectivity index is 1.63. The summed E-state index contributed by atoms with van der Waals surface area (Å²) in [6.45, 7) is 1.11. The topological polar surface area (TPSA) is 97.2 Å². The van der Waals surface area contributed by atoms with Crippen LogP contribution in [0.1, 0.15) is 28.5 Å². The summed E-state index contributed by atoms with van der Waals surface area (Å²) in [5, 5.41) is 7.12. The lowest BCUT2D eigenvalue weighted by atomic mass is 10.1. The van der Waals surface area contributed by atoms with E-state index in [0.29, 0.717) is 31.6 Å². The molecule has 0 bridgehead atoms. The van der Waals surface area contributed by atoms with Crippen molar-refractivity contribution >= 4 is 15.9 Å². The Morgan fingerprint density at radius 3 is 2.92 bits per heavy atom. The first-order chi connectivity index (χ1) is 11.4. The van der Waals surface area contributed by atoms with Gasteiger partial charge in [-0.3, -0.25) is 14.5 Å². The Labute approximate surface area is 140 Å². The zero-order valence-corrected chi connectivity index (χ0v) is 14.1. The number of carbonyl (C=O) groups excluding carboxylic acids is 1. The second-order valence-electron chi connectivity index (χ2n) is 5.76. The van der Waals surface area contributed by atoms with E-state index in [-0.39, 0.29) is 11.9 Å². The van der Waals surface area contributed by atoms with Gasteiger partial charge in [-0.1, -0.05) is 0 Å². The van der Waals surface area contributed by atoms with Crippen molar-refractivity contribution in [2.45, 2.75) is 19.0 Å². The van der Waals surface area contributed by atoms with Crippen molar-refractivity contribution < 1.29 is 13.2 Å². The average molecular weight is 349 g/mol. The molecule has 0 saturated heterocycles. The van der Waals surface area contributed by atoms with Crippen LogP contribution >= 0.6 is 0 Å². The summed E-state index contributed by atoms with van der Waals surface area (Å²) < 4.78 is 27.0. The average Bonchev–Trinajstić information content (AvgIpc) is 3.03. The Kier molecular flexibility index (Phi) is 4.63. The SMILES string of the molecule is CS(=O)(=O)N1Cc2ccnn2C(CCNC(=O)c2cccnc2)C1. The maximum absolute atomic E-state index is 12.0. The lowest BCUT2D eigenvalue weighted by Gasteiger charge is -2.32. The first kappa shape index (κ1) is 16.6. The number of hydrogen-bond donors (Lipinski definition) is 1. The fourth-order valence-electron chi connectivity index (χ4n) is 2.77. The highest BCUT2D eigenvalue weighted by Gasteiger charge is 2.30. The molecule has 0 saturated carbocycles. The van der Waals surface area contributed by atoms with Gasteiger partial charge >= 0.3 is 0 Å². The standard InChI is InChI=1S/C15H19N5O3S/c1-24(22,23)19-10-13(20-14(11-19)5-8-18-20)4-7-17-15(21)12-3-2-6-16-9-12/h2-3,5-6,8-9,13H,4,7,10-11H2,1H3,(H,17,21). The monoisotopic (exact) mass is 349 g/mol. The van der Waals surface area contributed by atoms with Crippen molar-refractivity contribution in [3.63, 3.8) is 0 Å². The van der Waals surface area contributed by atoms with Crippen LogP contribution < -0.4 is 5.32 Å². The maximum Gasteiger partial charge on any atom is 0.252 e. The highest BCUT2D eigenvalue weighted by Crippen LogP contribution is 2.24. The predicted molar refractivity (Wildman–Crippen MR) is 87.7 cm³/mol. The van der Waals surface area contributed by atoms with Crippen LogP contribution in [0.25, 0.3) is 0 Å². The van der Waals surface area contributed by atoms with E-state index in [0.717, 1.165) is 5.69 Å². The largest absolute Gasteiger partial charge is 0.352 e. The number of nitrogens with one attached hydrogen (secondary N) is 1. The van der Waals surface area contributed by atoms with Gasteiger partial charge in [0.15, 0.2) is 0 Å². The Bertz CT molecular complexity index is 819.